The number of rotatable bonds is 5. The molecule has 1 aromatic rings. The van der Waals surface area contributed by atoms with Crippen LogP contribution < -0.4 is 0 Å². The van der Waals surface area contributed by atoms with Gasteiger partial charge in [0.15, 0.2) is 0 Å². The summed E-state index contributed by atoms with van der Waals surface area (Å²) in [6.07, 6.45) is 7.63. The average molecular weight is 251 g/mol. The molecule has 0 saturated carbocycles. The summed E-state index contributed by atoms with van der Waals surface area (Å²) in [4.78, 5) is 20.9. The van der Waals surface area contributed by atoms with Crippen LogP contribution >= 0.6 is 0 Å². The van der Waals surface area contributed by atoms with Crippen LogP contribution in [0.2, 0.25) is 0 Å². The van der Waals surface area contributed by atoms with E-state index in [4.69, 9.17) is 0 Å². The molecule has 1 aliphatic rings. The third-order valence-corrected chi connectivity index (χ3v) is 3.87. The van der Waals surface area contributed by atoms with Crippen LogP contribution in [0.1, 0.15) is 38.4 Å². The zero-order chi connectivity index (χ0) is 13.0. The Labute approximate surface area is 107 Å². The molecule has 0 radical (unpaired) electrons. The van der Waals surface area contributed by atoms with Crippen molar-refractivity contribution in [2.24, 2.45) is 0 Å². The molecule has 2 heterocycles. The molecule has 5 nitrogen and oxygen atoms in total. The van der Waals surface area contributed by atoms with E-state index in [0.717, 1.165) is 19.6 Å². The number of aromatic amines is 1. The van der Waals surface area contributed by atoms with Gasteiger partial charge in [0.05, 0.1) is 0 Å². The second kappa shape index (κ2) is 5.52. The molecule has 2 rings (SSSR count). The first-order chi connectivity index (χ1) is 8.63. The number of carbonyl (C=O) groups is 1. The van der Waals surface area contributed by atoms with Crippen LogP contribution in [0.15, 0.2) is 12.4 Å². The van der Waals surface area contributed by atoms with E-state index in [1.807, 2.05) is 0 Å². The number of carboxylic acid groups (broad SMARTS) is 1. The minimum atomic E-state index is -0.916. The van der Waals surface area contributed by atoms with Crippen LogP contribution in [0, 0.1) is 0 Å². The highest BCUT2D eigenvalue weighted by Crippen LogP contribution is 2.26. The molecule has 1 atom stereocenters. The number of hydrogen-bond donors (Lipinski definition) is 2. The summed E-state index contributed by atoms with van der Waals surface area (Å²) in [6.45, 7) is 4.75. The summed E-state index contributed by atoms with van der Waals surface area (Å²) < 4.78 is 0. The van der Waals surface area contributed by atoms with E-state index in [2.05, 4.69) is 14.9 Å². The van der Waals surface area contributed by atoms with Gasteiger partial charge in [0, 0.05) is 12.4 Å². The van der Waals surface area contributed by atoms with Gasteiger partial charge in [0.1, 0.15) is 11.2 Å². The predicted molar refractivity (Wildman–Crippen MR) is 68.5 cm³/mol. The smallest absolute Gasteiger partial charge is 0.317 e. The molecular weight excluding hydrogens is 230 g/mol. The fourth-order valence-corrected chi connectivity index (χ4v) is 2.46. The first kappa shape index (κ1) is 13.1. The summed E-state index contributed by atoms with van der Waals surface area (Å²) in [7, 11) is 0. The Hall–Kier alpha value is -1.36. The molecule has 5 heteroatoms. The number of nitrogens with one attached hydrogen (secondary N) is 1. The molecule has 0 bridgehead atoms. The average Bonchev–Trinajstić information content (AvgIpc) is 2.91. The molecule has 18 heavy (non-hydrogen) atoms. The third kappa shape index (κ3) is 2.72. The van der Waals surface area contributed by atoms with Crippen molar-refractivity contribution in [2.45, 2.75) is 38.0 Å². The predicted octanol–water partition coefficient (Wildman–Crippen LogP) is 1.63. The zero-order valence-corrected chi connectivity index (χ0v) is 10.9. The van der Waals surface area contributed by atoms with Crippen LogP contribution in [-0.2, 0) is 10.2 Å². The van der Waals surface area contributed by atoms with Crippen molar-refractivity contribution in [3.05, 3.63) is 18.2 Å². The molecular formula is C13H21N3O2. The number of aromatic nitrogens is 2. The van der Waals surface area contributed by atoms with Gasteiger partial charge in [-0.15, -0.1) is 0 Å². The fourth-order valence-electron chi connectivity index (χ4n) is 2.46. The Kier molecular flexibility index (Phi) is 4.01. The molecule has 0 aliphatic carbocycles. The van der Waals surface area contributed by atoms with E-state index in [0.29, 0.717) is 12.2 Å². The van der Waals surface area contributed by atoms with Crippen molar-refractivity contribution in [3.8, 4) is 0 Å². The normalized spacial score (nSPS) is 20.5. The zero-order valence-electron chi connectivity index (χ0n) is 10.9. The van der Waals surface area contributed by atoms with E-state index in [9.17, 15) is 9.90 Å². The molecule has 1 aliphatic heterocycles. The van der Waals surface area contributed by atoms with Crippen molar-refractivity contribution < 1.29 is 9.90 Å². The molecule has 1 unspecified atom stereocenters. The maximum Gasteiger partial charge on any atom is 0.317 e. The van der Waals surface area contributed by atoms with Gasteiger partial charge in [-0.25, -0.2) is 4.98 Å². The molecule has 100 valence electrons. The lowest BCUT2D eigenvalue weighted by atomic mass is 9.85. The minimum Gasteiger partial charge on any atom is -0.480 e. The first-order valence-electron chi connectivity index (χ1n) is 6.58. The minimum absolute atomic E-state index is 0.548. The van der Waals surface area contributed by atoms with Gasteiger partial charge in [-0.2, -0.15) is 0 Å². The molecule has 0 aromatic carbocycles. The summed E-state index contributed by atoms with van der Waals surface area (Å²) in [5.41, 5.74) is -0.916. The van der Waals surface area contributed by atoms with Gasteiger partial charge in [-0.3, -0.25) is 4.79 Å². The largest absolute Gasteiger partial charge is 0.480 e. The molecule has 0 amide bonds. The Morgan fingerprint density at radius 1 is 1.50 bits per heavy atom. The van der Waals surface area contributed by atoms with Crippen LogP contribution in [0.4, 0.5) is 0 Å². The van der Waals surface area contributed by atoms with Crippen molar-refractivity contribution >= 4 is 5.97 Å². The first-order valence-corrected chi connectivity index (χ1v) is 6.58. The Bertz CT molecular complexity index is 385. The quantitative estimate of drug-likeness (QED) is 0.834. The monoisotopic (exact) mass is 251 g/mol. The van der Waals surface area contributed by atoms with Gasteiger partial charge in [-0.05, 0) is 45.8 Å². The lowest BCUT2D eigenvalue weighted by Crippen LogP contribution is -2.39. The lowest BCUT2D eigenvalue weighted by Gasteiger charge is -2.30. The second-order valence-electron chi connectivity index (χ2n) is 5.23. The third-order valence-electron chi connectivity index (χ3n) is 3.87. The highest BCUT2D eigenvalue weighted by Gasteiger charge is 2.37. The molecule has 1 aromatic heterocycles. The number of carboxylic acids is 1. The second-order valence-corrected chi connectivity index (χ2v) is 5.23. The van der Waals surface area contributed by atoms with E-state index in [1.54, 1.807) is 19.3 Å². The molecule has 0 spiro atoms. The summed E-state index contributed by atoms with van der Waals surface area (Å²) in [6, 6.07) is 0. The summed E-state index contributed by atoms with van der Waals surface area (Å²) in [5.74, 6) is -0.263. The van der Waals surface area contributed by atoms with Crippen LogP contribution in [0.5, 0.6) is 0 Å². The van der Waals surface area contributed by atoms with Gasteiger partial charge < -0.3 is 15.0 Å². The number of hydrogen-bond acceptors (Lipinski definition) is 3. The van der Waals surface area contributed by atoms with Crippen molar-refractivity contribution in [1.29, 1.82) is 0 Å². The Balaban J connectivity index is 2.00. The SMILES string of the molecule is CC(CCN1CCCCC1)(C(=O)O)c1ncc[nH]1. The number of aliphatic carboxylic acids is 1. The number of likely N-dealkylation sites (tertiary alicyclic amines) is 1. The van der Waals surface area contributed by atoms with Crippen LogP contribution in [0.3, 0.4) is 0 Å². The topological polar surface area (TPSA) is 69.2 Å². The van der Waals surface area contributed by atoms with Crippen molar-refractivity contribution in [3.63, 3.8) is 0 Å². The molecule has 1 saturated heterocycles. The summed E-state index contributed by atoms with van der Waals surface area (Å²) in [5, 5.41) is 9.46. The number of piperidine rings is 1. The highest BCUT2D eigenvalue weighted by molar-refractivity contribution is 5.79. The maximum absolute atomic E-state index is 11.5. The van der Waals surface area contributed by atoms with Gasteiger partial charge in [0.2, 0.25) is 0 Å². The van der Waals surface area contributed by atoms with Gasteiger partial charge in [-0.1, -0.05) is 6.42 Å². The summed E-state index contributed by atoms with van der Waals surface area (Å²) >= 11 is 0. The van der Waals surface area contributed by atoms with E-state index in [1.165, 1.54) is 19.3 Å². The van der Waals surface area contributed by atoms with E-state index >= 15 is 0 Å². The van der Waals surface area contributed by atoms with Crippen LogP contribution in [0.25, 0.3) is 0 Å². The highest BCUT2D eigenvalue weighted by atomic mass is 16.4. The van der Waals surface area contributed by atoms with E-state index in [-0.39, 0.29) is 0 Å². The lowest BCUT2D eigenvalue weighted by molar-refractivity contribution is -0.144. The number of imidazole rings is 1. The van der Waals surface area contributed by atoms with E-state index < -0.39 is 11.4 Å². The van der Waals surface area contributed by atoms with Gasteiger partial charge in [0.25, 0.3) is 0 Å². The maximum atomic E-state index is 11.5. The fraction of sp³-hybridized carbons (Fsp3) is 0.692. The number of H-pyrrole nitrogens is 1. The van der Waals surface area contributed by atoms with Gasteiger partial charge >= 0.3 is 5.97 Å². The molecule has 1 fully saturated rings. The van der Waals surface area contributed by atoms with Crippen molar-refractivity contribution in [1.82, 2.24) is 14.9 Å². The Morgan fingerprint density at radius 2 is 2.22 bits per heavy atom. The molecule has 2 N–H and O–H groups in total. The van der Waals surface area contributed by atoms with Crippen LogP contribution in [-0.4, -0.2) is 45.6 Å². The standard InChI is InChI=1S/C13H21N3O2/c1-13(12(17)18,11-14-6-7-15-11)5-10-16-8-3-2-4-9-16/h6-7H,2-5,8-10H2,1H3,(H,14,15)(H,17,18). The number of nitrogens with zero attached hydrogens (tertiary/aromatic N) is 2. The van der Waals surface area contributed by atoms with Crippen molar-refractivity contribution in [2.75, 3.05) is 19.6 Å². The Morgan fingerprint density at radius 3 is 2.78 bits per heavy atom.